The van der Waals surface area contributed by atoms with E-state index >= 15 is 0 Å². The molecular weight excluding hydrogens is 267 g/mol. The fourth-order valence-electron chi connectivity index (χ4n) is 1.87. The van der Waals surface area contributed by atoms with Gasteiger partial charge in [0.05, 0.1) is 17.6 Å². The van der Waals surface area contributed by atoms with Crippen molar-refractivity contribution in [2.75, 3.05) is 0 Å². The number of carbonyl (C=O) groups is 1. The lowest BCUT2D eigenvalue weighted by Crippen LogP contribution is -2.00. The highest BCUT2D eigenvalue weighted by molar-refractivity contribution is 7.71. The Morgan fingerprint density at radius 3 is 2.84 bits per heavy atom. The van der Waals surface area contributed by atoms with Gasteiger partial charge in [0, 0.05) is 11.1 Å². The van der Waals surface area contributed by atoms with E-state index < -0.39 is 11.8 Å². The number of aromatic carboxylic acids is 1. The number of aromatic nitrogens is 2. The first-order valence-corrected chi connectivity index (χ1v) is 6.04. The summed E-state index contributed by atoms with van der Waals surface area (Å²) < 4.78 is 13.9. The molecular formula is C13H11FN2O2S. The maximum Gasteiger partial charge on any atom is 0.335 e. The second kappa shape index (κ2) is 5.27. The van der Waals surface area contributed by atoms with Crippen molar-refractivity contribution in [3.8, 4) is 11.3 Å². The Balaban J connectivity index is 2.69. The molecule has 1 aromatic heterocycles. The van der Waals surface area contributed by atoms with E-state index in [1.54, 1.807) is 0 Å². The molecule has 0 fully saturated rings. The van der Waals surface area contributed by atoms with Crippen LogP contribution in [0.2, 0.25) is 0 Å². The Bertz CT molecular complexity index is 697. The van der Waals surface area contributed by atoms with Crippen molar-refractivity contribution in [1.82, 2.24) is 9.97 Å². The molecule has 0 saturated carbocycles. The standard InChI is InChI=1S/C13H11FN2O2S/c1-2-10-11(15-6-16-12(10)19)7-3-8(13(17)18)5-9(14)4-7/h3-6H,2H2,1H3,(H,17,18)(H,15,16,19). The largest absolute Gasteiger partial charge is 0.478 e. The smallest absolute Gasteiger partial charge is 0.335 e. The number of carboxylic acids is 1. The van der Waals surface area contributed by atoms with Gasteiger partial charge in [0.2, 0.25) is 0 Å². The maximum atomic E-state index is 13.5. The molecule has 0 atom stereocenters. The molecule has 4 nitrogen and oxygen atoms in total. The number of nitrogens with one attached hydrogen (secondary N) is 1. The Kier molecular flexibility index (Phi) is 3.71. The van der Waals surface area contributed by atoms with E-state index in [9.17, 15) is 9.18 Å². The average molecular weight is 278 g/mol. The van der Waals surface area contributed by atoms with Crippen LogP contribution >= 0.6 is 12.2 Å². The number of rotatable bonds is 3. The number of aromatic amines is 1. The van der Waals surface area contributed by atoms with Gasteiger partial charge in [0.25, 0.3) is 0 Å². The summed E-state index contributed by atoms with van der Waals surface area (Å²) in [5.41, 5.74) is 1.71. The lowest BCUT2D eigenvalue weighted by molar-refractivity contribution is 0.0696. The molecule has 0 aliphatic carbocycles. The molecule has 6 heteroatoms. The number of hydrogen-bond donors (Lipinski definition) is 2. The van der Waals surface area contributed by atoms with Crippen LogP contribution in [0, 0.1) is 10.5 Å². The van der Waals surface area contributed by atoms with Crippen molar-refractivity contribution < 1.29 is 14.3 Å². The first-order valence-electron chi connectivity index (χ1n) is 5.63. The molecule has 0 radical (unpaired) electrons. The predicted octanol–water partition coefficient (Wildman–Crippen LogP) is 3.21. The zero-order valence-electron chi connectivity index (χ0n) is 10.1. The van der Waals surface area contributed by atoms with Crippen molar-refractivity contribution in [2.24, 2.45) is 0 Å². The average Bonchev–Trinajstić information content (AvgIpc) is 2.37. The van der Waals surface area contributed by atoms with E-state index in [-0.39, 0.29) is 5.56 Å². The Labute approximate surface area is 114 Å². The fourth-order valence-corrected chi connectivity index (χ4v) is 2.17. The summed E-state index contributed by atoms with van der Waals surface area (Å²) in [6.45, 7) is 1.90. The van der Waals surface area contributed by atoms with Crippen molar-refractivity contribution in [2.45, 2.75) is 13.3 Å². The Morgan fingerprint density at radius 2 is 2.21 bits per heavy atom. The minimum Gasteiger partial charge on any atom is -0.478 e. The van der Waals surface area contributed by atoms with Crippen LogP contribution < -0.4 is 0 Å². The predicted molar refractivity (Wildman–Crippen MR) is 71.2 cm³/mol. The number of nitrogens with zero attached hydrogens (tertiary/aromatic N) is 1. The molecule has 0 bridgehead atoms. The molecule has 19 heavy (non-hydrogen) atoms. The maximum absolute atomic E-state index is 13.5. The van der Waals surface area contributed by atoms with Crippen molar-refractivity contribution in [3.63, 3.8) is 0 Å². The zero-order chi connectivity index (χ0) is 14.0. The SMILES string of the molecule is CCc1c(-c2cc(F)cc(C(=O)O)c2)[nH]cnc1=S. The van der Waals surface area contributed by atoms with Gasteiger partial charge >= 0.3 is 5.97 Å². The zero-order valence-corrected chi connectivity index (χ0v) is 10.9. The van der Waals surface area contributed by atoms with Gasteiger partial charge in [0.1, 0.15) is 10.5 Å². The highest BCUT2D eigenvalue weighted by Crippen LogP contribution is 2.24. The lowest BCUT2D eigenvalue weighted by Gasteiger charge is -2.08. The van der Waals surface area contributed by atoms with E-state index in [2.05, 4.69) is 9.97 Å². The fraction of sp³-hybridized carbons (Fsp3) is 0.154. The molecule has 0 aliphatic rings. The molecule has 0 amide bonds. The van der Waals surface area contributed by atoms with E-state index in [0.29, 0.717) is 22.3 Å². The Hall–Kier alpha value is -2.08. The van der Waals surface area contributed by atoms with Crippen LogP contribution in [-0.4, -0.2) is 21.0 Å². The summed E-state index contributed by atoms with van der Waals surface area (Å²) in [6.07, 6.45) is 2.04. The van der Waals surface area contributed by atoms with Gasteiger partial charge in [-0.15, -0.1) is 0 Å². The molecule has 1 heterocycles. The van der Waals surface area contributed by atoms with Gasteiger partial charge in [-0.3, -0.25) is 0 Å². The number of benzene rings is 1. The molecule has 98 valence electrons. The summed E-state index contributed by atoms with van der Waals surface area (Å²) in [7, 11) is 0. The van der Waals surface area contributed by atoms with E-state index in [1.165, 1.54) is 18.5 Å². The minimum atomic E-state index is -1.17. The normalized spacial score (nSPS) is 10.4. The first kappa shape index (κ1) is 13.4. The highest BCUT2D eigenvalue weighted by Gasteiger charge is 2.12. The number of hydrogen-bond acceptors (Lipinski definition) is 3. The molecule has 1 aromatic carbocycles. The van der Waals surface area contributed by atoms with Gasteiger partial charge in [0.15, 0.2) is 0 Å². The van der Waals surface area contributed by atoms with Crippen molar-refractivity contribution >= 4 is 18.2 Å². The molecule has 2 N–H and O–H groups in total. The van der Waals surface area contributed by atoms with E-state index in [1.807, 2.05) is 6.92 Å². The van der Waals surface area contributed by atoms with E-state index in [4.69, 9.17) is 17.3 Å². The first-order chi connectivity index (χ1) is 9.02. The van der Waals surface area contributed by atoms with Crippen LogP contribution in [0.5, 0.6) is 0 Å². The van der Waals surface area contributed by atoms with Crippen LogP contribution in [0.15, 0.2) is 24.5 Å². The van der Waals surface area contributed by atoms with Gasteiger partial charge in [-0.2, -0.15) is 0 Å². The third kappa shape index (κ3) is 2.68. The molecule has 2 aromatic rings. The molecule has 2 rings (SSSR count). The van der Waals surface area contributed by atoms with Crippen LogP contribution in [0.4, 0.5) is 4.39 Å². The number of H-pyrrole nitrogens is 1. The molecule has 0 unspecified atom stereocenters. The topological polar surface area (TPSA) is 66.0 Å². The third-order valence-corrected chi connectivity index (χ3v) is 3.09. The quantitative estimate of drug-likeness (QED) is 0.846. The monoisotopic (exact) mass is 278 g/mol. The number of carboxylic acid groups (broad SMARTS) is 1. The molecule has 0 spiro atoms. The molecule has 0 aliphatic heterocycles. The second-order valence-electron chi connectivity index (χ2n) is 3.95. The summed E-state index contributed by atoms with van der Waals surface area (Å²) in [5.74, 6) is -1.78. The second-order valence-corrected chi connectivity index (χ2v) is 4.34. The van der Waals surface area contributed by atoms with Gasteiger partial charge in [-0.05, 0) is 24.6 Å². The summed E-state index contributed by atoms with van der Waals surface area (Å²) >= 11 is 5.11. The van der Waals surface area contributed by atoms with Crippen LogP contribution in [0.1, 0.15) is 22.8 Å². The third-order valence-electron chi connectivity index (χ3n) is 2.74. The van der Waals surface area contributed by atoms with Crippen LogP contribution in [-0.2, 0) is 6.42 Å². The van der Waals surface area contributed by atoms with Crippen LogP contribution in [0.3, 0.4) is 0 Å². The number of halogens is 1. The van der Waals surface area contributed by atoms with Crippen molar-refractivity contribution in [1.29, 1.82) is 0 Å². The van der Waals surface area contributed by atoms with E-state index in [0.717, 1.165) is 11.6 Å². The summed E-state index contributed by atoms with van der Waals surface area (Å²) in [6, 6.07) is 3.66. The highest BCUT2D eigenvalue weighted by atomic mass is 32.1. The van der Waals surface area contributed by atoms with Crippen LogP contribution in [0.25, 0.3) is 11.3 Å². The minimum absolute atomic E-state index is 0.104. The lowest BCUT2D eigenvalue weighted by atomic mass is 10.0. The summed E-state index contributed by atoms with van der Waals surface area (Å²) in [4.78, 5) is 17.8. The summed E-state index contributed by atoms with van der Waals surface area (Å²) in [5, 5.41) is 8.95. The van der Waals surface area contributed by atoms with Crippen molar-refractivity contribution in [3.05, 3.63) is 46.1 Å². The van der Waals surface area contributed by atoms with Gasteiger partial charge < -0.3 is 10.1 Å². The van der Waals surface area contributed by atoms with Gasteiger partial charge in [-0.25, -0.2) is 14.2 Å². The van der Waals surface area contributed by atoms with Gasteiger partial charge in [-0.1, -0.05) is 19.1 Å². The molecule has 0 saturated heterocycles. The Morgan fingerprint density at radius 1 is 1.47 bits per heavy atom.